The fourth-order valence-electron chi connectivity index (χ4n) is 4.64. The highest BCUT2D eigenvalue weighted by Gasteiger charge is 2.52. The number of nitrogens with zero attached hydrogens (tertiary/aromatic N) is 3. The number of carbonyl (C=O) groups is 3. The Morgan fingerprint density at radius 3 is 2.52 bits per heavy atom. The Hall–Kier alpha value is -3.23. The van der Waals surface area contributed by atoms with E-state index in [0.717, 1.165) is 24.2 Å². The molecule has 2 N–H and O–H groups in total. The van der Waals surface area contributed by atoms with Crippen LogP contribution in [0.1, 0.15) is 62.7 Å². The number of nitrogens with one attached hydrogen (secondary N) is 2. The third-order valence-electron chi connectivity index (χ3n) is 6.32. The summed E-state index contributed by atoms with van der Waals surface area (Å²) in [5.41, 5.74) is -1.20. The minimum Gasteiger partial charge on any atom is -0.342 e. The van der Waals surface area contributed by atoms with Crippen molar-refractivity contribution in [2.75, 3.05) is 6.54 Å². The highest BCUT2D eigenvalue weighted by atomic mass is 16.5. The maximum Gasteiger partial charge on any atom is 0.325 e. The molecule has 1 atom stereocenters. The second-order valence-electron chi connectivity index (χ2n) is 8.27. The topological polar surface area (TPSA) is 117 Å². The van der Waals surface area contributed by atoms with E-state index in [9.17, 15) is 14.4 Å². The minimum atomic E-state index is -1.16. The predicted octanol–water partition coefficient (Wildman–Crippen LogP) is 2.51. The zero-order valence-corrected chi connectivity index (χ0v) is 17.8. The van der Waals surface area contributed by atoms with E-state index in [1.54, 1.807) is 19.1 Å². The summed E-state index contributed by atoms with van der Waals surface area (Å²) in [6.07, 6.45) is 4.65. The average molecular weight is 425 g/mol. The number of hydrogen-bond donors (Lipinski definition) is 2. The van der Waals surface area contributed by atoms with Crippen LogP contribution >= 0.6 is 0 Å². The summed E-state index contributed by atoms with van der Waals surface area (Å²) in [6.45, 7) is 3.18. The van der Waals surface area contributed by atoms with Crippen LogP contribution in [-0.4, -0.2) is 39.4 Å². The highest BCUT2D eigenvalue weighted by Crippen LogP contribution is 2.36. The Kier molecular flexibility index (Phi) is 5.51. The van der Waals surface area contributed by atoms with Crippen LogP contribution in [0.15, 0.2) is 34.9 Å². The lowest BCUT2D eigenvalue weighted by atomic mass is 9.81. The van der Waals surface area contributed by atoms with Gasteiger partial charge in [-0.2, -0.15) is 4.98 Å². The molecule has 2 aliphatic rings. The first-order valence-electron chi connectivity index (χ1n) is 10.7. The molecule has 9 heteroatoms. The fourth-order valence-corrected chi connectivity index (χ4v) is 4.64. The monoisotopic (exact) mass is 425 g/mol. The largest absolute Gasteiger partial charge is 0.342 e. The van der Waals surface area contributed by atoms with Gasteiger partial charge < -0.3 is 15.2 Å². The third-order valence-corrected chi connectivity index (χ3v) is 6.32. The summed E-state index contributed by atoms with van der Waals surface area (Å²) in [5, 5.41) is 9.86. The van der Waals surface area contributed by atoms with E-state index in [1.165, 1.54) is 0 Å². The van der Waals surface area contributed by atoms with Crippen molar-refractivity contribution in [1.29, 1.82) is 0 Å². The molecule has 4 amide bonds. The van der Waals surface area contributed by atoms with E-state index in [4.69, 9.17) is 4.52 Å². The zero-order valence-electron chi connectivity index (χ0n) is 17.8. The van der Waals surface area contributed by atoms with Gasteiger partial charge in [-0.25, -0.2) is 4.79 Å². The normalized spacial score (nSPS) is 23.0. The van der Waals surface area contributed by atoms with E-state index in [1.807, 2.05) is 25.1 Å². The predicted molar refractivity (Wildman–Crippen MR) is 111 cm³/mol. The van der Waals surface area contributed by atoms with Gasteiger partial charge in [-0.1, -0.05) is 61.7 Å². The molecule has 2 heterocycles. The van der Waals surface area contributed by atoms with Crippen LogP contribution < -0.4 is 10.6 Å². The maximum absolute atomic E-state index is 13.3. The molecular formula is C22H27N5O4. The van der Waals surface area contributed by atoms with Gasteiger partial charge >= 0.3 is 6.03 Å². The summed E-state index contributed by atoms with van der Waals surface area (Å²) in [7, 11) is 0. The standard InChI is InChI=1S/C22H27N5O4/c1-3-22(16-10-6-4-7-11-16)19(29)27(20(30)25-22)14-17(28)24-21(12-8-5-9-13-21)18-23-15(2)31-26-18/h4,6-7,10-11H,3,5,8-9,12-14H2,1-2H3,(H,24,28)(H,25,30)/t22-/m1/s1. The molecule has 0 spiro atoms. The Bertz CT molecular complexity index is 983. The summed E-state index contributed by atoms with van der Waals surface area (Å²) < 4.78 is 5.14. The smallest absolute Gasteiger partial charge is 0.325 e. The summed E-state index contributed by atoms with van der Waals surface area (Å²) >= 11 is 0. The van der Waals surface area contributed by atoms with Crippen molar-refractivity contribution in [3.63, 3.8) is 0 Å². The van der Waals surface area contributed by atoms with E-state index in [-0.39, 0.29) is 6.54 Å². The number of amides is 4. The van der Waals surface area contributed by atoms with Gasteiger partial charge in [0, 0.05) is 6.92 Å². The Balaban J connectivity index is 1.54. The van der Waals surface area contributed by atoms with Crippen LogP contribution in [0.4, 0.5) is 4.79 Å². The first kappa shape index (κ1) is 21.0. The molecule has 2 fully saturated rings. The second-order valence-corrected chi connectivity index (χ2v) is 8.27. The molecule has 31 heavy (non-hydrogen) atoms. The van der Waals surface area contributed by atoms with Crippen LogP contribution in [0, 0.1) is 6.92 Å². The van der Waals surface area contributed by atoms with E-state index < -0.39 is 28.9 Å². The van der Waals surface area contributed by atoms with Gasteiger partial charge in [-0.3, -0.25) is 14.5 Å². The molecular weight excluding hydrogens is 398 g/mol. The molecule has 0 radical (unpaired) electrons. The number of urea groups is 1. The second kappa shape index (κ2) is 8.13. The quantitative estimate of drug-likeness (QED) is 0.687. The number of carbonyl (C=O) groups excluding carboxylic acids is 3. The molecule has 1 aliphatic heterocycles. The lowest BCUT2D eigenvalue weighted by Crippen LogP contribution is -2.52. The lowest BCUT2D eigenvalue weighted by molar-refractivity contribution is -0.136. The number of imide groups is 1. The first-order valence-corrected chi connectivity index (χ1v) is 10.7. The summed E-state index contributed by atoms with van der Waals surface area (Å²) in [4.78, 5) is 44.3. The van der Waals surface area contributed by atoms with Gasteiger partial charge in [0.25, 0.3) is 5.91 Å². The minimum absolute atomic E-state index is 0.363. The number of aryl methyl sites for hydroxylation is 1. The SMILES string of the molecule is CC[C@]1(c2ccccc2)NC(=O)N(CC(=O)NC2(c3noc(C)n3)CCCCC2)C1=O. The Labute approximate surface area is 180 Å². The van der Waals surface area contributed by atoms with Gasteiger partial charge in [0.2, 0.25) is 11.8 Å². The molecule has 1 saturated heterocycles. The van der Waals surface area contributed by atoms with Crippen molar-refractivity contribution in [3.8, 4) is 0 Å². The molecule has 0 unspecified atom stereocenters. The molecule has 1 aromatic carbocycles. The Morgan fingerprint density at radius 1 is 1.19 bits per heavy atom. The molecule has 9 nitrogen and oxygen atoms in total. The molecule has 4 rings (SSSR count). The number of rotatable bonds is 6. The molecule has 2 aromatic rings. The molecule has 1 aliphatic carbocycles. The molecule has 1 aromatic heterocycles. The average Bonchev–Trinajstić information content (AvgIpc) is 3.32. The summed E-state index contributed by atoms with van der Waals surface area (Å²) in [5.74, 6) is 0.0311. The fraction of sp³-hybridized carbons (Fsp3) is 0.500. The highest BCUT2D eigenvalue weighted by molar-refractivity contribution is 6.09. The van der Waals surface area contributed by atoms with Gasteiger partial charge in [0.15, 0.2) is 5.82 Å². The van der Waals surface area contributed by atoms with Crippen LogP contribution in [0.25, 0.3) is 0 Å². The van der Waals surface area contributed by atoms with Crippen LogP contribution in [-0.2, 0) is 20.7 Å². The van der Waals surface area contributed by atoms with Crippen molar-refractivity contribution in [1.82, 2.24) is 25.7 Å². The molecule has 1 saturated carbocycles. The van der Waals surface area contributed by atoms with Crippen molar-refractivity contribution in [2.24, 2.45) is 0 Å². The van der Waals surface area contributed by atoms with Crippen molar-refractivity contribution >= 4 is 17.8 Å². The first-order chi connectivity index (χ1) is 14.9. The van der Waals surface area contributed by atoms with Gasteiger partial charge in [-0.15, -0.1) is 0 Å². The third kappa shape index (κ3) is 3.68. The van der Waals surface area contributed by atoms with Crippen molar-refractivity contribution < 1.29 is 18.9 Å². The van der Waals surface area contributed by atoms with Crippen molar-refractivity contribution in [3.05, 3.63) is 47.6 Å². The van der Waals surface area contributed by atoms with Crippen LogP contribution in [0.2, 0.25) is 0 Å². The van der Waals surface area contributed by atoms with E-state index >= 15 is 0 Å². The van der Waals surface area contributed by atoms with E-state index in [0.29, 0.717) is 36.5 Å². The van der Waals surface area contributed by atoms with Gasteiger partial charge in [0.1, 0.15) is 17.6 Å². The van der Waals surface area contributed by atoms with Crippen LogP contribution in [0.5, 0.6) is 0 Å². The summed E-state index contributed by atoms with van der Waals surface area (Å²) in [6, 6.07) is 8.53. The Morgan fingerprint density at radius 2 is 1.90 bits per heavy atom. The lowest BCUT2D eigenvalue weighted by Gasteiger charge is -2.35. The zero-order chi connectivity index (χ0) is 22.1. The number of benzene rings is 1. The van der Waals surface area contributed by atoms with Gasteiger partial charge in [0.05, 0.1) is 0 Å². The number of aromatic nitrogens is 2. The molecule has 0 bridgehead atoms. The van der Waals surface area contributed by atoms with Crippen molar-refractivity contribution in [2.45, 2.75) is 63.5 Å². The maximum atomic E-state index is 13.3. The van der Waals surface area contributed by atoms with E-state index in [2.05, 4.69) is 20.8 Å². The number of hydrogen-bond acceptors (Lipinski definition) is 6. The van der Waals surface area contributed by atoms with Gasteiger partial charge in [-0.05, 0) is 24.8 Å². The van der Waals surface area contributed by atoms with Crippen LogP contribution in [0.3, 0.4) is 0 Å². The molecule has 164 valence electrons.